The molecule has 2 aromatic rings. The predicted molar refractivity (Wildman–Crippen MR) is 70.2 cm³/mol. The normalized spacial score (nSPS) is 10.2. The van der Waals surface area contributed by atoms with Gasteiger partial charge >= 0.3 is 0 Å². The van der Waals surface area contributed by atoms with Gasteiger partial charge in [-0.15, -0.1) is 0 Å². The Balaban J connectivity index is 2.40. The summed E-state index contributed by atoms with van der Waals surface area (Å²) in [4.78, 5) is 13.9. The largest absolute Gasteiger partial charge is 0.436 e. The lowest BCUT2D eigenvalue weighted by atomic mass is 10.3. The predicted octanol–water partition coefficient (Wildman–Crippen LogP) is 2.86. The summed E-state index contributed by atoms with van der Waals surface area (Å²) in [6.07, 6.45) is 0. The van der Waals surface area contributed by atoms with Crippen LogP contribution in [0.5, 0.6) is 11.6 Å². The Morgan fingerprint density at radius 1 is 1.45 bits per heavy atom. The fraction of sp³-hybridized carbons (Fsp3) is 0. The summed E-state index contributed by atoms with van der Waals surface area (Å²) in [7, 11) is 0. The van der Waals surface area contributed by atoms with Crippen LogP contribution in [0.25, 0.3) is 0 Å². The van der Waals surface area contributed by atoms with E-state index in [9.17, 15) is 14.5 Å². The Morgan fingerprint density at radius 2 is 2.20 bits per heavy atom. The maximum Gasteiger partial charge on any atom is 0.278 e. The molecule has 0 fully saturated rings. The number of nitrogens with one attached hydrogen (secondary N) is 1. The monoisotopic (exact) mass is 298 g/mol. The van der Waals surface area contributed by atoms with Crippen LogP contribution < -0.4 is 16.0 Å². The average Bonchev–Trinajstić information content (AvgIpc) is 2.43. The average molecular weight is 299 g/mol. The minimum atomic E-state index is -0.787. The molecule has 0 bridgehead atoms. The molecule has 1 heterocycles. The van der Waals surface area contributed by atoms with Crippen LogP contribution in [0.15, 0.2) is 30.3 Å². The van der Waals surface area contributed by atoms with Crippen LogP contribution in [0.3, 0.4) is 0 Å². The fourth-order valence-electron chi connectivity index (χ4n) is 1.40. The number of aromatic nitrogens is 1. The van der Waals surface area contributed by atoms with E-state index in [-0.39, 0.29) is 28.2 Å². The van der Waals surface area contributed by atoms with E-state index in [1.165, 1.54) is 18.2 Å². The Bertz CT molecular complexity index is 668. The number of pyridine rings is 1. The van der Waals surface area contributed by atoms with Crippen LogP contribution in [0.4, 0.5) is 15.9 Å². The highest BCUT2D eigenvalue weighted by Crippen LogP contribution is 2.30. The standard InChI is InChI=1S/C11H8ClFN4O3/c12-7-2-1-3-8(11(7)13)20-10-5-6(17(18)19)4-9(15-10)16-14/h1-5H,14H2,(H,15,16). The summed E-state index contributed by atoms with van der Waals surface area (Å²) < 4.78 is 18.8. The zero-order chi connectivity index (χ0) is 14.7. The van der Waals surface area contributed by atoms with Crippen molar-refractivity contribution in [2.24, 2.45) is 5.84 Å². The van der Waals surface area contributed by atoms with Crippen LogP contribution in [0.1, 0.15) is 0 Å². The molecule has 0 saturated carbocycles. The van der Waals surface area contributed by atoms with E-state index in [0.717, 1.165) is 12.1 Å². The SMILES string of the molecule is NNc1cc([N+](=O)[O-])cc(Oc2cccc(Cl)c2F)n1. The number of hydrogen-bond donors (Lipinski definition) is 2. The third-order valence-electron chi connectivity index (χ3n) is 2.28. The second-order valence-corrected chi connectivity index (χ2v) is 4.01. The van der Waals surface area contributed by atoms with Gasteiger partial charge in [-0.05, 0) is 12.1 Å². The first-order valence-electron chi connectivity index (χ1n) is 5.26. The first kappa shape index (κ1) is 14.0. The maximum absolute atomic E-state index is 13.7. The maximum atomic E-state index is 13.7. The van der Waals surface area contributed by atoms with Crippen molar-refractivity contribution >= 4 is 23.1 Å². The first-order chi connectivity index (χ1) is 9.51. The van der Waals surface area contributed by atoms with E-state index in [1.807, 2.05) is 0 Å². The third kappa shape index (κ3) is 2.92. The molecule has 7 nitrogen and oxygen atoms in total. The van der Waals surface area contributed by atoms with Crippen LogP contribution in [-0.2, 0) is 0 Å². The Hall–Kier alpha value is -2.45. The van der Waals surface area contributed by atoms with Gasteiger partial charge in [0.2, 0.25) is 5.88 Å². The zero-order valence-electron chi connectivity index (χ0n) is 9.84. The van der Waals surface area contributed by atoms with E-state index in [4.69, 9.17) is 22.2 Å². The van der Waals surface area contributed by atoms with Gasteiger partial charge in [0.15, 0.2) is 17.4 Å². The highest BCUT2D eigenvalue weighted by atomic mass is 35.5. The Morgan fingerprint density at radius 3 is 2.85 bits per heavy atom. The number of benzene rings is 1. The number of hydrogen-bond acceptors (Lipinski definition) is 6. The van der Waals surface area contributed by atoms with E-state index in [1.54, 1.807) is 0 Å². The molecule has 0 unspecified atom stereocenters. The van der Waals surface area contributed by atoms with Crippen molar-refractivity contribution in [2.75, 3.05) is 5.43 Å². The van der Waals surface area contributed by atoms with Crippen molar-refractivity contribution in [3.05, 3.63) is 51.3 Å². The molecular weight excluding hydrogens is 291 g/mol. The molecule has 0 aliphatic heterocycles. The zero-order valence-corrected chi connectivity index (χ0v) is 10.6. The van der Waals surface area contributed by atoms with Crippen LogP contribution in [0.2, 0.25) is 5.02 Å². The van der Waals surface area contributed by atoms with Gasteiger partial charge in [-0.1, -0.05) is 17.7 Å². The first-order valence-corrected chi connectivity index (χ1v) is 5.64. The molecular formula is C11H8ClFN4O3. The minimum Gasteiger partial charge on any atom is -0.436 e. The van der Waals surface area contributed by atoms with Gasteiger partial charge in [0.05, 0.1) is 22.1 Å². The topological polar surface area (TPSA) is 103 Å². The Labute approximate surface area is 117 Å². The second-order valence-electron chi connectivity index (χ2n) is 3.60. The van der Waals surface area contributed by atoms with Crippen molar-refractivity contribution in [3.63, 3.8) is 0 Å². The molecule has 0 atom stereocenters. The number of nitrogens with two attached hydrogens (primary N) is 1. The van der Waals surface area contributed by atoms with Gasteiger partial charge in [-0.3, -0.25) is 10.1 Å². The highest BCUT2D eigenvalue weighted by molar-refractivity contribution is 6.30. The summed E-state index contributed by atoms with van der Waals surface area (Å²) in [5.41, 5.74) is 1.86. The number of nitrogens with zero attached hydrogens (tertiary/aromatic N) is 2. The molecule has 2 rings (SSSR count). The number of nitrogen functional groups attached to an aromatic ring is 1. The van der Waals surface area contributed by atoms with E-state index in [0.29, 0.717) is 0 Å². The smallest absolute Gasteiger partial charge is 0.278 e. The lowest BCUT2D eigenvalue weighted by Gasteiger charge is -2.08. The van der Waals surface area contributed by atoms with E-state index in [2.05, 4.69) is 10.4 Å². The van der Waals surface area contributed by atoms with Gasteiger partial charge in [0, 0.05) is 0 Å². The summed E-state index contributed by atoms with van der Waals surface area (Å²) in [5.74, 6) is 3.99. The van der Waals surface area contributed by atoms with Crippen LogP contribution in [-0.4, -0.2) is 9.91 Å². The molecule has 1 aromatic carbocycles. The fourth-order valence-corrected chi connectivity index (χ4v) is 1.56. The molecule has 0 aliphatic carbocycles. The van der Waals surface area contributed by atoms with E-state index < -0.39 is 10.7 Å². The van der Waals surface area contributed by atoms with Crippen molar-refractivity contribution < 1.29 is 14.1 Å². The van der Waals surface area contributed by atoms with Crippen LogP contribution in [0, 0.1) is 15.9 Å². The third-order valence-corrected chi connectivity index (χ3v) is 2.57. The van der Waals surface area contributed by atoms with Gasteiger partial charge in [0.1, 0.15) is 0 Å². The number of hydrazine groups is 1. The lowest BCUT2D eigenvalue weighted by Crippen LogP contribution is -2.09. The summed E-state index contributed by atoms with van der Waals surface area (Å²) in [6.45, 7) is 0. The quantitative estimate of drug-likeness (QED) is 0.511. The number of nitro groups is 1. The molecule has 3 N–H and O–H groups in total. The van der Waals surface area contributed by atoms with Gasteiger partial charge in [-0.25, -0.2) is 10.2 Å². The number of anilines is 1. The number of rotatable bonds is 4. The highest BCUT2D eigenvalue weighted by Gasteiger charge is 2.14. The van der Waals surface area contributed by atoms with Crippen molar-refractivity contribution in [2.45, 2.75) is 0 Å². The number of ether oxygens (including phenoxy) is 1. The molecule has 20 heavy (non-hydrogen) atoms. The summed E-state index contributed by atoms with van der Waals surface area (Å²) in [5, 5.41) is 10.6. The summed E-state index contributed by atoms with van der Waals surface area (Å²) >= 11 is 5.60. The van der Waals surface area contributed by atoms with Gasteiger partial charge < -0.3 is 10.2 Å². The molecule has 0 aliphatic rings. The Kier molecular flexibility index (Phi) is 3.97. The molecule has 9 heteroatoms. The van der Waals surface area contributed by atoms with Gasteiger partial charge in [0.25, 0.3) is 5.69 Å². The number of halogens is 2. The van der Waals surface area contributed by atoms with Crippen molar-refractivity contribution in [3.8, 4) is 11.6 Å². The molecule has 0 saturated heterocycles. The van der Waals surface area contributed by atoms with E-state index >= 15 is 0 Å². The van der Waals surface area contributed by atoms with Gasteiger partial charge in [-0.2, -0.15) is 4.98 Å². The summed E-state index contributed by atoms with van der Waals surface area (Å²) in [6, 6.07) is 6.29. The molecule has 1 aromatic heterocycles. The molecule has 104 valence electrons. The minimum absolute atomic E-state index is 0.0108. The van der Waals surface area contributed by atoms with Crippen molar-refractivity contribution in [1.29, 1.82) is 0 Å². The molecule has 0 radical (unpaired) electrons. The second kappa shape index (κ2) is 5.68. The molecule has 0 spiro atoms. The lowest BCUT2D eigenvalue weighted by molar-refractivity contribution is -0.384. The van der Waals surface area contributed by atoms with Crippen LogP contribution >= 0.6 is 11.6 Å². The molecule has 0 amide bonds. The van der Waals surface area contributed by atoms with Crippen molar-refractivity contribution in [1.82, 2.24) is 4.98 Å².